The standard InChI is InChI=1S/C23H25ClN2O2S2/c1-13-7-8-15(3)20(16(4)27)29-18(13)10-9-14(2)19(28)21-22(24)26-23(30-21)17-6-5-11-25-12-17/h5-6,11-12,14H,7-10H2,1-4H3. The minimum Gasteiger partial charge on any atom is -0.294 e. The minimum atomic E-state index is -0.181. The van der Waals surface area contributed by atoms with Gasteiger partial charge in [0.25, 0.3) is 0 Å². The zero-order chi connectivity index (χ0) is 21.8. The second-order valence-electron chi connectivity index (χ2n) is 7.66. The highest BCUT2D eigenvalue weighted by molar-refractivity contribution is 8.07. The van der Waals surface area contributed by atoms with Crippen molar-refractivity contribution in [1.82, 2.24) is 9.97 Å². The monoisotopic (exact) mass is 460 g/mol. The fraction of sp³-hybridized carbons (Fsp3) is 0.391. The summed E-state index contributed by atoms with van der Waals surface area (Å²) in [5.41, 5.74) is 3.32. The molecule has 3 heterocycles. The molecule has 0 spiro atoms. The van der Waals surface area contributed by atoms with E-state index < -0.39 is 0 Å². The van der Waals surface area contributed by atoms with Gasteiger partial charge in [-0.2, -0.15) is 0 Å². The molecule has 1 aliphatic heterocycles. The molecule has 2 aromatic rings. The van der Waals surface area contributed by atoms with Gasteiger partial charge < -0.3 is 0 Å². The van der Waals surface area contributed by atoms with E-state index in [-0.39, 0.29) is 22.6 Å². The van der Waals surface area contributed by atoms with Crippen molar-refractivity contribution in [2.45, 2.75) is 53.4 Å². The molecule has 0 bridgehead atoms. The maximum atomic E-state index is 13.0. The normalized spacial score (nSPS) is 15.9. The van der Waals surface area contributed by atoms with Gasteiger partial charge in [-0.05, 0) is 63.5 Å². The lowest BCUT2D eigenvalue weighted by atomic mass is 9.98. The number of nitrogens with zero attached hydrogens (tertiary/aromatic N) is 2. The first-order valence-electron chi connectivity index (χ1n) is 9.96. The van der Waals surface area contributed by atoms with E-state index in [0.717, 1.165) is 35.3 Å². The Labute approximate surface area is 190 Å². The summed E-state index contributed by atoms with van der Waals surface area (Å²) < 4.78 is 0. The van der Waals surface area contributed by atoms with Crippen molar-refractivity contribution in [2.75, 3.05) is 0 Å². The van der Waals surface area contributed by atoms with Crippen LogP contribution in [0, 0.1) is 5.92 Å². The third-order valence-electron chi connectivity index (χ3n) is 5.25. The third-order valence-corrected chi connectivity index (χ3v) is 8.40. The number of hydrogen-bond acceptors (Lipinski definition) is 6. The van der Waals surface area contributed by atoms with Gasteiger partial charge in [-0.1, -0.05) is 41.4 Å². The summed E-state index contributed by atoms with van der Waals surface area (Å²) in [4.78, 5) is 36.1. The molecule has 0 saturated carbocycles. The second-order valence-corrected chi connectivity index (χ2v) is 10.1. The molecule has 0 fully saturated rings. The summed E-state index contributed by atoms with van der Waals surface area (Å²) >= 11 is 9.20. The van der Waals surface area contributed by atoms with E-state index in [0.29, 0.717) is 16.3 Å². The number of thiazole rings is 1. The lowest BCUT2D eigenvalue weighted by Gasteiger charge is -2.14. The molecule has 0 aromatic carbocycles. The molecule has 1 unspecified atom stereocenters. The van der Waals surface area contributed by atoms with Gasteiger partial charge in [-0.3, -0.25) is 14.6 Å². The van der Waals surface area contributed by atoms with Crippen LogP contribution in [0.5, 0.6) is 0 Å². The first-order chi connectivity index (χ1) is 14.3. The van der Waals surface area contributed by atoms with Crippen LogP contribution in [0.1, 0.15) is 63.0 Å². The zero-order valence-corrected chi connectivity index (χ0v) is 20.0. The van der Waals surface area contributed by atoms with E-state index in [2.05, 4.69) is 16.9 Å². The number of rotatable bonds is 7. The summed E-state index contributed by atoms with van der Waals surface area (Å²) in [6.07, 6.45) is 6.77. The molecule has 0 amide bonds. The van der Waals surface area contributed by atoms with Gasteiger partial charge in [0, 0.05) is 23.9 Å². The highest BCUT2D eigenvalue weighted by atomic mass is 35.5. The maximum Gasteiger partial charge on any atom is 0.178 e. The zero-order valence-electron chi connectivity index (χ0n) is 17.6. The molecular formula is C23H25ClN2O2S2. The van der Waals surface area contributed by atoms with Crippen LogP contribution in [0.2, 0.25) is 5.15 Å². The Balaban J connectivity index is 1.71. The molecule has 30 heavy (non-hydrogen) atoms. The highest BCUT2D eigenvalue weighted by Crippen LogP contribution is 2.40. The summed E-state index contributed by atoms with van der Waals surface area (Å²) in [5.74, 6) is -0.0454. The number of halogens is 1. The topological polar surface area (TPSA) is 59.9 Å². The molecule has 2 aromatic heterocycles. The van der Waals surface area contributed by atoms with Crippen molar-refractivity contribution >= 4 is 46.3 Å². The Kier molecular flexibility index (Phi) is 7.66. The average Bonchev–Trinajstić information content (AvgIpc) is 3.06. The SMILES string of the molecule is CC(=O)C1=C(C)CCC(C)=C(CCC(C)C(=O)c2sc(-c3cccnc3)nc2Cl)S1. The summed E-state index contributed by atoms with van der Waals surface area (Å²) in [6, 6.07) is 3.74. The smallest absolute Gasteiger partial charge is 0.178 e. The molecule has 7 heteroatoms. The van der Waals surface area contributed by atoms with Crippen LogP contribution in [0.25, 0.3) is 10.6 Å². The molecule has 158 valence electrons. The molecule has 1 atom stereocenters. The van der Waals surface area contributed by atoms with Gasteiger partial charge in [0.15, 0.2) is 16.7 Å². The van der Waals surface area contributed by atoms with Crippen LogP contribution < -0.4 is 0 Å². The van der Waals surface area contributed by atoms with Crippen LogP contribution >= 0.6 is 34.7 Å². The van der Waals surface area contributed by atoms with Crippen molar-refractivity contribution in [1.29, 1.82) is 0 Å². The third kappa shape index (κ3) is 5.29. The van der Waals surface area contributed by atoms with Crippen LogP contribution in [0.15, 0.2) is 45.5 Å². The van der Waals surface area contributed by atoms with Gasteiger partial charge >= 0.3 is 0 Å². The Morgan fingerprint density at radius 2 is 1.97 bits per heavy atom. The van der Waals surface area contributed by atoms with Gasteiger partial charge in [-0.15, -0.1) is 11.3 Å². The summed E-state index contributed by atoms with van der Waals surface area (Å²) in [7, 11) is 0. The van der Waals surface area contributed by atoms with Gasteiger partial charge in [0.2, 0.25) is 0 Å². The number of pyridine rings is 1. The lowest BCUT2D eigenvalue weighted by molar-refractivity contribution is -0.113. The highest BCUT2D eigenvalue weighted by Gasteiger charge is 2.24. The van der Waals surface area contributed by atoms with Crippen LogP contribution in [0.3, 0.4) is 0 Å². The van der Waals surface area contributed by atoms with E-state index >= 15 is 0 Å². The fourth-order valence-corrected chi connectivity index (χ4v) is 5.84. The van der Waals surface area contributed by atoms with Crippen LogP contribution in [-0.2, 0) is 4.79 Å². The molecule has 0 N–H and O–H groups in total. The van der Waals surface area contributed by atoms with Gasteiger partial charge in [0.05, 0.1) is 4.91 Å². The molecule has 0 saturated heterocycles. The lowest BCUT2D eigenvalue weighted by Crippen LogP contribution is -2.10. The Bertz CT molecular complexity index is 1030. The van der Waals surface area contributed by atoms with Gasteiger partial charge in [-0.25, -0.2) is 4.98 Å². The number of allylic oxidation sites excluding steroid dienone is 4. The van der Waals surface area contributed by atoms with Gasteiger partial charge in [0.1, 0.15) is 9.88 Å². The molecule has 0 aliphatic carbocycles. The van der Waals surface area contributed by atoms with E-state index in [1.165, 1.54) is 21.8 Å². The average molecular weight is 461 g/mol. The van der Waals surface area contributed by atoms with E-state index in [9.17, 15) is 9.59 Å². The van der Waals surface area contributed by atoms with Crippen molar-refractivity contribution in [2.24, 2.45) is 5.92 Å². The number of hydrogen-bond donors (Lipinski definition) is 0. The van der Waals surface area contributed by atoms with Crippen LogP contribution in [-0.4, -0.2) is 21.5 Å². The number of Topliss-reactive ketones (excluding diaryl/α,β-unsaturated/α-hetero) is 2. The predicted molar refractivity (Wildman–Crippen MR) is 126 cm³/mol. The van der Waals surface area contributed by atoms with Crippen molar-refractivity contribution in [3.8, 4) is 10.6 Å². The van der Waals surface area contributed by atoms with E-state index in [1.54, 1.807) is 31.1 Å². The molecule has 3 rings (SSSR count). The quantitative estimate of drug-likeness (QED) is 0.411. The number of ketones is 2. The van der Waals surface area contributed by atoms with E-state index in [1.807, 2.05) is 26.0 Å². The maximum absolute atomic E-state index is 13.0. The van der Waals surface area contributed by atoms with Crippen LogP contribution in [0.4, 0.5) is 0 Å². The molecule has 0 radical (unpaired) electrons. The van der Waals surface area contributed by atoms with Crippen molar-refractivity contribution < 1.29 is 9.59 Å². The Morgan fingerprint density at radius 1 is 1.23 bits per heavy atom. The van der Waals surface area contributed by atoms with Crippen molar-refractivity contribution in [3.63, 3.8) is 0 Å². The summed E-state index contributed by atoms with van der Waals surface area (Å²) in [5, 5.41) is 0.959. The molecular weight excluding hydrogens is 436 g/mol. The Hall–Kier alpha value is -1.76. The molecule has 1 aliphatic rings. The van der Waals surface area contributed by atoms with Crippen molar-refractivity contribution in [3.05, 3.63) is 55.5 Å². The Morgan fingerprint density at radius 3 is 2.63 bits per heavy atom. The number of carbonyl (C=O) groups is 2. The summed E-state index contributed by atoms with van der Waals surface area (Å²) in [6.45, 7) is 7.73. The molecule has 4 nitrogen and oxygen atoms in total. The first-order valence-corrected chi connectivity index (χ1v) is 12.0. The number of aromatic nitrogens is 2. The number of thioether (sulfide) groups is 1. The fourth-order valence-electron chi connectivity index (χ4n) is 3.33. The van der Waals surface area contributed by atoms with E-state index in [4.69, 9.17) is 11.6 Å². The predicted octanol–water partition coefficient (Wildman–Crippen LogP) is 7.12. The minimum absolute atomic E-state index is 0.0167. The number of carbonyl (C=O) groups excluding carboxylic acids is 2. The largest absolute Gasteiger partial charge is 0.294 e. The first kappa shape index (κ1) is 22.9. The second kappa shape index (κ2) is 10.0.